The summed E-state index contributed by atoms with van der Waals surface area (Å²) in [4.78, 5) is 26.8. The van der Waals surface area contributed by atoms with E-state index in [1.807, 2.05) is 46.8 Å². The molecule has 1 aliphatic heterocycles. The molecule has 0 saturated heterocycles. The number of carbonyl (C=O) groups excluding carboxylic acids is 2. The van der Waals surface area contributed by atoms with Crippen molar-refractivity contribution in [2.75, 3.05) is 13.1 Å². The highest BCUT2D eigenvalue weighted by atomic mass is 16.5. The molecule has 1 aliphatic rings. The summed E-state index contributed by atoms with van der Waals surface area (Å²) in [6.07, 6.45) is 0.790. The molecule has 0 fully saturated rings. The fourth-order valence-electron chi connectivity index (χ4n) is 4.13. The first-order chi connectivity index (χ1) is 14.4. The van der Waals surface area contributed by atoms with Crippen LogP contribution in [0, 0.1) is 0 Å². The van der Waals surface area contributed by atoms with Gasteiger partial charge in [-0.3, -0.25) is 14.8 Å². The number of aliphatic hydroxyl groups is 1. The fourth-order valence-corrected chi connectivity index (χ4v) is 4.13. The first-order valence-electron chi connectivity index (χ1n) is 10.0. The number of carbonyl (C=O) groups is 2. The highest BCUT2D eigenvalue weighted by molar-refractivity contribution is 5.99. The maximum atomic E-state index is 13.3. The van der Waals surface area contributed by atoms with E-state index < -0.39 is 12.0 Å². The minimum atomic E-state index is -0.560. The quantitative estimate of drug-likeness (QED) is 0.459. The van der Waals surface area contributed by atoms with Crippen molar-refractivity contribution >= 4 is 22.7 Å². The van der Waals surface area contributed by atoms with Crippen LogP contribution in [-0.4, -0.2) is 44.7 Å². The molecule has 3 aromatic rings. The number of nitrogens with zero attached hydrogens (tertiary/aromatic N) is 2. The summed E-state index contributed by atoms with van der Waals surface area (Å²) in [5.74, 6) is -0.574. The van der Waals surface area contributed by atoms with Crippen LogP contribution in [0.25, 0.3) is 10.9 Å². The van der Waals surface area contributed by atoms with E-state index in [0.717, 1.165) is 27.6 Å². The van der Waals surface area contributed by atoms with Crippen LogP contribution in [0.4, 0.5) is 0 Å². The van der Waals surface area contributed by atoms with Crippen molar-refractivity contribution in [1.82, 2.24) is 14.9 Å². The molecule has 2 amide bonds. The molecule has 156 valence electrons. The van der Waals surface area contributed by atoms with E-state index in [9.17, 15) is 14.7 Å². The molecule has 2 heterocycles. The highest BCUT2D eigenvalue weighted by Gasteiger charge is 2.23. The topological polar surface area (TPSA) is 94.8 Å². The zero-order valence-corrected chi connectivity index (χ0v) is 17.1. The number of hydroxylamine groups is 1. The van der Waals surface area contributed by atoms with Gasteiger partial charge in [-0.05, 0) is 66.8 Å². The molecule has 1 atom stereocenters. The van der Waals surface area contributed by atoms with Crippen LogP contribution in [0.3, 0.4) is 0 Å². The fraction of sp³-hybridized carbons (Fsp3) is 0.304. The van der Waals surface area contributed by atoms with Crippen molar-refractivity contribution in [3.63, 3.8) is 0 Å². The molecule has 0 saturated carbocycles. The van der Waals surface area contributed by atoms with Gasteiger partial charge in [-0.1, -0.05) is 12.1 Å². The summed E-state index contributed by atoms with van der Waals surface area (Å²) in [6, 6.07) is 13.0. The summed E-state index contributed by atoms with van der Waals surface area (Å²) in [7, 11) is 1.88. The third-order valence-corrected chi connectivity index (χ3v) is 5.93. The molecule has 0 spiro atoms. The average molecular weight is 407 g/mol. The van der Waals surface area contributed by atoms with Crippen molar-refractivity contribution in [2.45, 2.75) is 25.9 Å². The van der Waals surface area contributed by atoms with E-state index >= 15 is 0 Å². The summed E-state index contributed by atoms with van der Waals surface area (Å²) >= 11 is 0. The van der Waals surface area contributed by atoms with Crippen LogP contribution in [-0.2, 0) is 19.9 Å². The van der Waals surface area contributed by atoms with Gasteiger partial charge in [0.05, 0.1) is 6.10 Å². The maximum absolute atomic E-state index is 13.3. The van der Waals surface area contributed by atoms with Crippen molar-refractivity contribution in [3.8, 4) is 0 Å². The number of rotatable bonds is 3. The molecule has 1 aromatic heterocycles. The summed E-state index contributed by atoms with van der Waals surface area (Å²) in [6.45, 7) is 2.87. The Morgan fingerprint density at radius 2 is 1.77 bits per heavy atom. The number of aryl methyl sites for hydroxylation is 1. The molecule has 3 N–H and O–H groups in total. The van der Waals surface area contributed by atoms with Gasteiger partial charge in [0.1, 0.15) is 5.69 Å². The molecule has 2 aromatic carbocycles. The zero-order valence-electron chi connectivity index (χ0n) is 17.1. The van der Waals surface area contributed by atoms with Crippen LogP contribution in [0.1, 0.15) is 50.6 Å². The normalized spacial score (nSPS) is 14.9. The van der Waals surface area contributed by atoms with Gasteiger partial charge in [-0.15, -0.1) is 0 Å². The van der Waals surface area contributed by atoms with Gasteiger partial charge in [-0.25, -0.2) is 5.48 Å². The third kappa shape index (κ3) is 3.58. The Hall–Kier alpha value is -3.16. The van der Waals surface area contributed by atoms with Crippen molar-refractivity contribution < 1.29 is 19.9 Å². The second-order valence-electron chi connectivity index (χ2n) is 7.80. The van der Waals surface area contributed by atoms with Gasteiger partial charge in [0.25, 0.3) is 11.8 Å². The Morgan fingerprint density at radius 1 is 1.03 bits per heavy atom. The van der Waals surface area contributed by atoms with E-state index in [1.165, 1.54) is 0 Å². The maximum Gasteiger partial charge on any atom is 0.274 e. The molecule has 7 heteroatoms. The van der Waals surface area contributed by atoms with Crippen LogP contribution in [0.15, 0.2) is 42.5 Å². The summed E-state index contributed by atoms with van der Waals surface area (Å²) in [5.41, 5.74) is 6.56. The average Bonchev–Trinajstić information content (AvgIpc) is 2.94. The van der Waals surface area contributed by atoms with Crippen molar-refractivity contribution in [1.29, 1.82) is 0 Å². The van der Waals surface area contributed by atoms with E-state index in [0.29, 0.717) is 37.2 Å². The first kappa shape index (κ1) is 20.1. The molecule has 0 bridgehead atoms. The van der Waals surface area contributed by atoms with E-state index in [2.05, 4.69) is 0 Å². The SMILES string of the molecule is CC(O)c1ccc2c(c1)cc(C(=O)N1CCc3ccc(C(=O)NO)cc3CC1)n2C. The molecule has 4 rings (SSSR count). The monoisotopic (exact) mass is 407 g/mol. The van der Waals surface area contributed by atoms with Crippen LogP contribution < -0.4 is 5.48 Å². The lowest BCUT2D eigenvalue weighted by Gasteiger charge is -2.20. The van der Waals surface area contributed by atoms with Crippen molar-refractivity contribution in [2.24, 2.45) is 7.05 Å². The number of hydrogen-bond donors (Lipinski definition) is 3. The van der Waals surface area contributed by atoms with Gasteiger partial charge in [-0.2, -0.15) is 0 Å². The van der Waals surface area contributed by atoms with E-state index in [-0.39, 0.29) is 5.91 Å². The molecule has 1 unspecified atom stereocenters. The number of aliphatic hydroxyl groups excluding tert-OH is 1. The Morgan fingerprint density at radius 3 is 2.47 bits per heavy atom. The second kappa shape index (κ2) is 7.93. The molecule has 0 aliphatic carbocycles. The summed E-state index contributed by atoms with van der Waals surface area (Å²) < 4.78 is 1.89. The largest absolute Gasteiger partial charge is 0.389 e. The standard InChI is InChI=1S/C23H25N3O4/c1-14(27)16-5-6-20-19(11-16)13-21(25(20)2)23(29)26-9-7-15-3-4-18(22(28)24-30)12-17(15)8-10-26/h3-6,11-14,27,30H,7-10H2,1-2H3,(H,24,28). The van der Waals surface area contributed by atoms with Crippen LogP contribution in [0.5, 0.6) is 0 Å². The predicted molar refractivity (Wildman–Crippen MR) is 113 cm³/mol. The first-order valence-corrected chi connectivity index (χ1v) is 10.0. The lowest BCUT2D eigenvalue weighted by molar-refractivity contribution is 0.0705. The third-order valence-electron chi connectivity index (χ3n) is 5.93. The van der Waals surface area contributed by atoms with Gasteiger partial charge in [0.15, 0.2) is 0 Å². The number of fused-ring (bicyclic) bond motifs is 2. The Kier molecular flexibility index (Phi) is 5.32. The van der Waals surface area contributed by atoms with Crippen molar-refractivity contribution in [3.05, 3.63) is 70.4 Å². The van der Waals surface area contributed by atoms with Gasteiger partial charge >= 0.3 is 0 Å². The second-order valence-corrected chi connectivity index (χ2v) is 7.80. The number of benzene rings is 2. The van der Waals surface area contributed by atoms with Gasteiger partial charge < -0.3 is 14.6 Å². The number of amides is 2. The van der Waals surface area contributed by atoms with Crippen LogP contribution in [0.2, 0.25) is 0 Å². The lowest BCUT2D eigenvalue weighted by Crippen LogP contribution is -2.34. The molecule has 30 heavy (non-hydrogen) atoms. The molecular weight excluding hydrogens is 382 g/mol. The predicted octanol–water partition coefficient (Wildman–Crippen LogP) is 2.59. The van der Waals surface area contributed by atoms with Crippen LogP contribution >= 0.6 is 0 Å². The Bertz CT molecular complexity index is 1130. The minimum Gasteiger partial charge on any atom is -0.389 e. The number of aromatic nitrogens is 1. The molecule has 7 nitrogen and oxygen atoms in total. The minimum absolute atomic E-state index is 0.0339. The zero-order chi connectivity index (χ0) is 21.4. The van der Waals surface area contributed by atoms with E-state index in [4.69, 9.17) is 5.21 Å². The number of hydrogen-bond acceptors (Lipinski definition) is 4. The highest BCUT2D eigenvalue weighted by Crippen LogP contribution is 2.25. The number of nitrogens with one attached hydrogen (secondary N) is 1. The summed E-state index contributed by atoms with van der Waals surface area (Å²) in [5, 5.41) is 19.6. The smallest absolute Gasteiger partial charge is 0.274 e. The Balaban J connectivity index is 1.58. The lowest BCUT2D eigenvalue weighted by atomic mass is 10.00. The van der Waals surface area contributed by atoms with E-state index in [1.54, 1.807) is 24.5 Å². The van der Waals surface area contributed by atoms with Gasteiger partial charge in [0, 0.05) is 36.6 Å². The Labute approximate surface area is 174 Å². The molecule has 0 radical (unpaired) electrons. The molecular formula is C23H25N3O4. The van der Waals surface area contributed by atoms with Gasteiger partial charge in [0.2, 0.25) is 0 Å².